The molecule has 0 aromatic heterocycles. The molecule has 0 spiro atoms. The number of hydrogen-bond donors (Lipinski definition) is 2. The molecule has 0 bridgehead atoms. The average molecular weight is 363 g/mol. The second kappa shape index (κ2) is 9.54. The minimum Gasteiger partial charge on any atom is -0.497 e. The Labute approximate surface area is 151 Å². The topological polar surface area (TPSA) is 76.7 Å². The Balaban J connectivity index is 1.65. The first kappa shape index (κ1) is 18.6. The zero-order valence-electron chi connectivity index (χ0n) is 13.8. The van der Waals surface area contributed by atoms with E-state index in [0.717, 1.165) is 5.75 Å². The highest BCUT2D eigenvalue weighted by atomic mass is 35.5. The maximum absolute atomic E-state index is 11.9. The molecule has 25 heavy (non-hydrogen) atoms. The van der Waals surface area contributed by atoms with Crippen molar-refractivity contribution in [2.24, 2.45) is 0 Å². The van der Waals surface area contributed by atoms with Crippen LogP contribution in [0.2, 0.25) is 5.02 Å². The van der Waals surface area contributed by atoms with Gasteiger partial charge in [-0.1, -0.05) is 23.7 Å². The third-order valence-corrected chi connectivity index (χ3v) is 3.64. The zero-order chi connectivity index (χ0) is 18.1. The lowest BCUT2D eigenvalue weighted by Gasteiger charge is -2.09. The van der Waals surface area contributed by atoms with Crippen molar-refractivity contribution in [1.29, 1.82) is 0 Å². The summed E-state index contributed by atoms with van der Waals surface area (Å²) in [6.07, 6.45) is 0.735. The zero-order valence-corrected chi connectivity index (χ0v) is 14.5. The first-order valence-corrected chi connectivity index (χ1v) is 8.08. The molecular formula is C18H19ClN2O4. The van der Waals surface area contributed by atoms with E-state index in [9.17, 15) is 9.59 Å². The van der Waals surface area contributed by atoms with Crippen molar-refractivity contribution in [1.82, 2.24) is 10.9 Å². The van der Waals surface area contributed by atoms with Crippen molar-refractivity contribution in [3.05, 3.63) is 59.1 Å². The van der Waals surface area contributed by atoms with E-state index in [2.05, 4.69) is 10.9 Å². The Morgan fingerprint density at radius 3 is 2.36 bits per heavy atom. The molecule has 0 saturated carbocycles. The first-order chi connectivity index (χ1) is 12.1. The molecule has 0 heterocycles. The fourth-order valence-electron chi connectivity index (χ4n) is 2.00. The number of amides is 2. The van der Waals surface area contributed by atoms with E-state index < -0.39 is 5.91 Å². The summed E-state index contributed by atoms with van der Waals surface area (Å²) < 4.78 is 10.6. The summed E-state index contributed by atoms with van der Waals surface area (Å²) in [5, 5.41) is 0.321. The van der Waals surface area contributed by atoms with E-state index in [0.29, 0.717) is 29.4 Å². The van der Waals surface area contributed by atoms with Gasteiger partial charge in [0.25, 0.3) is 5.91 Å². The highest BCUT2D eigenvalue weighted by Gasteiger charge is 2.10. The lowest BCUT2D eigenvalue weighted by Crippen LogP contribution is -2.41. The number of carbonyl (C=O) groups excluding carboxylic acids is 2. The molecule has 2 aromatic rings. The summed E-state index contributed by atoms with van der Waals surface area (Å²) in [4.78, 5) is 23.6. The number of nitrogens with one attached hydrogen (secondary N) is 2. The van der Waals surface area contributed by atoms with Gasteiger partial charge in [-0.3, -0.25) is 20.4 Å². The number of hydrogen-bond acceptors (Lipinski definition) is 4. The largest absolute Gasteiger partial charge is 0.497 e. The van der Waals surface area contributed by atoms with Crippen molar-refractivity contribution in [2.75, 3.05) is 13.7 Å². The van der Waals surface area contributed by atoms with Crippen molar-refractivity contribution < 1.29 is 19.1 Å². The normalized spacial score (nSPS) is 10.0. The van der Waals surface area contributed by atoms with Gasteiger partial charge in [-0.15, -0.1) is 0 Å². The van der Waals surface area contributed by atoms with Crippen molar-refractivity contribution >= 4 is 23.4 Å². The van der Waals surface area contributed by atoms with Crippen LogP contribution in [0.3, 0.4) is 0 Å². The van der Waals surface area contributed by atoms with E-state index in [4.69, 9.17) is 21.1 Å². The Bertz CT molecular complexity index is 719. The second-order valence-corrected chi connectivity index (χ2v) is 5.52. The van der Waals surface area contributed by atoms with E-state index >= 15 is 0 Å². The van der Waals surface area contributed by atoms with Gasteiger partial charge in [-0.25, -0.2) is 0 Å². The Morgan fingerprint density at radius 1 is 1.00 bits per heavy atom. The standard InChI is InChI=1S/C18H19ClN2O4/c1-24-13-8-10-14(11-9-13)25-12-4-7-17(22)20-21-18(23)15-5-2-3-6-16(15)19/h2-3,5-6,8-11H,4,7,12H2,1H3,(H,20,22)(H,21,23). The molecule has 2 N–H and O–H groups in total. The number of benzene rings is 2. The van der Waals surface area contributed by atoms with Crippen LogP contribution in [0, 0.1) is 0 Å². The third kappa shape index (κ3) is 6.00. The van der Waals surface area contributed by atoms with Gasteiger partial charge in [0.2, 0.25) is 5.91 Å². The summed E-state index contributed by atoms with van der Waals surface area (Å²) in [7, 11) is 1.60. The molecule has 6 nitrogen and oxygen atoms in total. The lowest BCUT2D eigenvalue weighted by atomic mass is 10.2. The molecule has 0 saturated heterocycles. The third-order valence-electron chi connectivity index (χ3n) is 3.31. The summed E-state index contributed by atoms with van der Waals surface area (Å²) in [6, 6.07) is 13.8. The molecule has 0 unspecified atom stereocenters. The molecule has 0 aliphatic rings. The van der Waals surface area contributed by atoms with Gasteiger partial charge in [0.15, 0.2) is 0 Å². The fourth-order valence-corrected chi connectivity index (χ4v) is 2.22. The van der Waals surface area contributed by atoms with Crippen LogP contribution in [0.15, 0.2) is 48.5 Å². The maximum Gasteiger partial charge on any atom is 0.271 e. The number of carbonyl (C=O) groups is 2. The molecule has 2 rings (SSSR count). The quantitative estimate of drug-likeness (QED) is 0.586. The molecule has 0 fully saturated rings. The van der Waals surface area contributed by atoms with Gasteiger partial charge in [0.1, 0.15) is 11.5 Å². The van der Waals surface area contributed by atoms with E-state index in [1.165, 1.54) is 0 Å². The summed E-state index contributed by atoms with van der Waals surface area (Å²) in [5.41, 5.74) is 4.98. The van der Waals surface area contributed by atoms with Crippen molar-refractivity contribution in [3.63, 3.8) is 0 Å². The smallest absolute Gasteiger partial charge is 0.271 e. The highest BCUT2D eigenvalue weighted by molar-refractivity contribution is 6.33. The van der Waals surface area contributed by atoms with Gasteiger partial charge in [0.05, 0.1) is 24.3 Å². The minimum absolute atomic E-state index is 0.221. The number of hydrazine groups is 1. The molecule has 0 aliphatic heterocycles. The molecule has 0 aliphatic carbocycles. The lowest BCUT2D eigenvalue weighted by molar-refractivity contribution is -0.122. The Morgan fingerprint density at radius 2 is 1.68 bits per heavy atom. The summed E-state index contributed by atoms with van der Waals surface area (Å²) >= 11 is 5.92. The Hall–Kier alpha value is -2.73. The minimum atomic E-state index is -0.464. The SMILES string of the molecule is COc1ccc(OCCCC(=O)NNC(=O)c2ccccc2Cl)cc1. The molecule has 0 atom stereocenters. The average Bonchev–Trinajstić information content (AvgIpc) is 2.64. The van der Waals surface area contributed by atoms with Crippen molar-refractivity contribution in [3.8, 4) is 11.5 Å². The molecule has 2 aromatic carbocycles. The van der Waals surface area contributed by atoms with Gasteiger partial charge in [-0.05, 0) is 42.8 Å². The molecule has 7 heteroatoms. The molecule has 2 amide bonds. The van der Waals surface area contributed by atoms with Crippen molar-refractivity contribution in [2.45, 2.75) is 12.8 Å². The predicted molar refractivity (Wildman–Crippen MR) is 94.8 cm³/mol. The van der Waals surface area contributed by atoms with E-state index in [1.807, 2.05) is 0 Å². The van der Waals surface area contributed by atoms with Gasteiger partial charge < -0.3 is 9.47 Å². The van der Waals surface area contributed by atoms with Crippen LogP contribution in [0.1, 0.15) is 23.2 Å². The number of halogens is 1. The van der Waals surface area contributed by atoms with Crippen LogP contribution < -0.4 is 20.3 Å². The predicted octanol–water partition coefficient (Wildman–Crippen LogP) is 2.97. The van der Waals surface area contributed by atoms with Gasteiger partial charge in [0, 0.05) is 6.42 Å². The second-order valence-electron chi connectivity index (χ2n) is 5.11. The van der Waals surface area contributed by atoms with E-state index in [-0.39, 0.29) is 12.3 Å². The van der Waals surface area contributed by atoms with Crippen LogP contribution >= 0.6 is 11.6 Å². The fraction of sp³-hybridized carbons (Fsp3) is 0.222. The van der Waals surface area contributed by atoms with Crippen LogP contribution in [0.5, 0.6) is 11.5 Å². The first-order valence-electron chi connectivity index (χ1n) is 7.70. The highest BCUT2D eigenvalue weighted by Crippen LogP contribution is 2.17. The number of methoxy groups -OCH3 is 1. The maximum atomic E-state index is 11.9. The number of ether oxygens (including phenoxy) is 2. The molecular weight excluding hydrogens is 344 g/mol. The van der Waals surface area contributed by atoms with Crippen LogP contribution in [-0.4, -0.2) is 25.5 Å². The van der Waals surface area contributed by atoms with Gasteiger partial charge in [-0.2, -0.15) is 0 Å². The van der Waals surface area contributed by atoms with Crippen LogP contribution in [0.4, 0.5) is 0 Å². The summed E-state index contributed by atoms with van der Waals surface area (Å²) in [6.45, 7) is 0.387. The Kier molecular flexibility index (Phi) is 7.10. The number of rotatable bonds is 7. The van der Waals surface area contributed by atoms with Gasteiger partial charge >= 0.3 is 0 Å². The molecule has 132 valence electrons. The van der Waals surface area contributed by atoms with E-state index in [1.54, 1.807) is 55.6 Å². The van der Waals surface area contributed by atoms with Crippen LogP contribution in [0.25, 0.3) is 0 Å². The molecule has 0 radical (unpaired) electrons. The van der Waals surface area contributed by atoms with Crippen LogP contribution in [-0.2, 0) is 4.79 Å². The summed E-state index contributed by atoms with van der Waals surface area (Å²) in [5.74, 6) is 0.682. The monoisotopic (exact) mass is 362 g/mol.